The first-order valence-electron chi connectivity index (χ1n) is 4.92. The van der Waals surface area contributed by atoms with Crippen LogP contribution in [0.3, 0.4) is 0 Å². The van der Waals surface area contributed by atoms with Gasteiger partial charge in [-0.05, 0) is 20.8 Å². The highest BCUT2D eigenvalue weighted by atomic mass is 35.5. The van der Waals surface area contributed by atoms with Crippen molar-refractivity contribution in [1.82, 2.24) is 4.90 Å². The maximum atomic E-state index is 11.5. The lowest BCUT2D eigenvalue weighted by Gasteiger charge is -2.24. The fourth-order valence-electron chi connectivity index (χ4n) is 0.823. The Bertz CT molecular complexity index is 250. The Morgan fingerprint density at radius 3 is 2.31 bits per heavy atom. The minimum Gasteiger partial charge on any atom is -0.449 e. The first kappa shape index (κ1) is 15.0. The lowest BCUT2D eigenvalue weighted by Crippen LogP contribution is -2.35. The molecular weight excluding hydrogens is 234 g/mol. The third kappa shape index (κ3) is 7.34. The quantitative estimate of drug-likeness (QED) is 0.566. The Kier molecular flexibility index (Phi) is 6.18. The topological polar surface area (TPSA) is 55.8 Å². The summed E-state index contributed by atoms with van der Waals surface area (Å²) in [5.74, 6) is -0.439. The van der Waals surface area contributed by atoms with E-state index >= 15 is 0 Å². The fourth-order valence-corrected chi connectivity index (χ4v) is 0.945. The third-order valence-corrected chi connectivity index (χ3v) is 1.68. The molecule has 0 fully saturated rings. The number of carbonyl (C=O) groups is 2. The van der Waals surface area contributed by atoms with Crippen LogP contribution in [0.25, 0.3) is 0 Å². The van der Waals surface area contributed by atoms with E-state index in [1.165, 1.54) is 4.90 Å². The lowest BCUT2D eigenvalue weighted by molar-refractivity contribution is -0.141. The second-order valence-electron chi connectivity index (χ2n) is 4.28. The molecule has 0 bridgehead atoms. The molecule has 0 atom stereocenters. The number of esters is 1. The van der Waals surface area contributed by atoms with Gasteiger partial charge in [-0.15, -0.1) is 0 Å². The van der Waals surface area contributed by atoms with Crippen LogP contribution in [0.4, 0.5) is 4.79 Å². The Balaban J connectivity index is 3.93. The predicted molar refractivity (Wildman–Crippen MR) is 60.3 cm³/mol. The molecule has 0 aliphatic heterocycles. The summed E-state index contributed by atoms with van der Waals surface area (Å²) in [4.78, 5) is 23.7. The monoisotopic (exact) mass is 251 g/mol. The van der Waals surface area contributed by atoms with E-state index in [9.17, 15) is 9.59 Å². The zero-order valence-corrected chi connectivity index (χ0v) is 10.8. The smallest absolute Gasteiger partial charge is 0.410 e. The average Bonchev–Trinajstić information content (AvgIpc) is 2.11. The molecule has 5 nitrogen and oxygen atoms in total. The van der Waals surface area contributed by atoms with Crippen molar-refractivity contribution < 1.29 is 19.1 Å². The lowest BCUT2D eigenvalue weighted by atomic mass is 10.2. The van der Waals surface area contributed by atoms with E-state index in [0.717, 1.165) is 0 Å². The maximum Gasteiger partial charge on any atom is 0.410 e. The van der Waals surface area contributed by atoms with Gasteiger partial charge < -0.3 is 14.4 Å². The molecule has 0 saturated heterocycles. The minimum atomic E-state index is -0.540. The van der Waals surface area contributed by atoms with Gasteiger partial charge in [-0.3, -0.25) is 4.79 Å². The summed E-state index contributed by atoms with van der Waals surface area (Å²) < 4.78 is 9.62. The molecule has 0 aliphatic rings. The molecule has 0 aromatic rings. The molecular formula is C10H18ClNO4. The summed E-state index contributed by atoms with van der Waals surface area (Å²) in [6, 6.07) is -0.172. The SMILES string of the molecule is CN(CCC(=O)OCCl)C(=O)OC(C)(C)C. The Morgan fingerprint density at radius 2 is 1.88 bits per heavy atom. The van der Waals surface area contributed by atoms with Crippen LogP contribution in [-0.4, -0.2) is 42.2 Å². The van der Waals surface area contributed by atoms with E-state index in [1.807, 2.05) is 0 Å². The summed E-state index contributed by atoms with van der Waals surface area (Å²) in [6.07, 6.45) is -0.367. The molecule has 0 heterocycles. The van der Waals surface area contributed by atoms with E-state index in [2.05, 4.69) is 4.74 Å². The first-order chi connectivity index (χ1) is 7.26. The number of hydrogen-bond donors (Lipinski definition) is 0. The minimum absolute atomic E-state index is 0.0997. The van der Waals surface area contributed by atoms with Gasteiger partial charge in [-0.1, -0.05) is 11.6 Å². The van der Waals surface area contributed by atoms with Gasteiger partial charge in [0.2, 0.25) is 0 Å². The first-order valence-corrected chi connectivity index (χ1v) is 5.45. The summed E-state index contributed by atoms with van der Waals surface area (Å²) in [5, 5.41) is 0. The Labute approximate surface area is 101 Å². The van der Waals surface area contributed by atoms with Crippen molar-refractivity contribution in [3.05, 3.63) is 0 Å². The van der Waals surface area contributed by atoms with Crippen molar-refractivity contribution in [3.8, 4) is 0 Å². The van der Waals surface area contributed by atoms with Crippen molar-refractivity contribution in [2.75, 3.05) is 19.7 Å². The van der Waals surface area contributed by atoms with Crippen LogP contribution in [0.15, 0.2) is 0 Å². The summed E-state index contributed by atoms with van der Waals surface area (Å²) >= 11 is 5.21. The average molecular weight is 252 g/mol. The number of rotatable bonds is 4. The van der Waals surface area contributed by atoms with Crippen molar-refractivity contribution in [2.24, 2.45) is 0 Å². The number of ether oxygens (including phenoxy) is 2. The van der Waals surface area contributed by atoms with E-state index in [-0.39, 0.29) is 19.0 Å². The molecule has 0 radical (unpaired) electrons. The predicted octanol–water partition coefficient (Wildman–Crippen LogP) is 1.98. The Hall–Kier alpha value is -0.970. The van der Waals surface area contributed by atoms with E-state index in [4.69, 9.17) is 16.3 Å². The van der Waals surface area contributed by atoms with E-state index in [1.54, 1.807) is 27.8 Å². The van der Waals surface area contributed by atoms with Gasteiger partial charge in [-0.25, -0.2) is 4.79 Å². The van der Waals surface area contributed by atoms with Crippen molar-refractivity contribution in [2.45, 2.75) is 32.8 Å². The van der Waals surface area contributed by atoms with E-state index in [0.29, 0.717) is 0 Å². The van der Waals surface area contributed by atoms with Gasteiger partial charge in [0.15, 0.2) is 6.07 Å². The van der Waals surface area contributed by atoms with Crippen molar-refractivity contribution in [3.63, 3.8) is 0 Å². The largest absolute Gasteiger partial charge is 0.449 e. The summed E-state index contributed by atoms with van der Waals surface area (Å²) in [6.45, 7) is 5.58. The molecule has 1 amide bonds. The van der Waals surface area contributed by atoms with Crippen molar-refractivity contribution >= 4 is 23.7 Å². The number of halogens is 1. The van der Waals surface area contributed by atoms with Gasteiger partial charge in [0.1, 0.15) is 5.60 Å². The normalized spacial score (nSPS) is 10.8. The number of hydrogen-bond acceptors (Lipinski definition) is 4. The Morgan fingerprint density at radius 1 is 1.31 bits per heavy atom. The van der Waals surface area contributed by atoms with Crippen LogP contribution < -0.4 is 0 Å². The molecule has 6 heteroatoms. The molecule has 0 spiro atoms. The van der Waals surface area contributed by atoms with Crippen LogP contribution in [0.5, 0.6) is 0 Å². The van der Waals surface area contributed by atoms with Gasteiger partial charge in [0.25, 0.3) is 0 Å². The number of carbonyl (C=O) groups excluding carboxylic acids is 2. The molecule has 0 saturated carbocycles. The van der Waals surface area contributed by atoms with E-state index < -0.39 is 17.7 Å². The van der Waals surface area contributed by atoms with Crippen molar-refractivity contribution in [1.29, 1.82) is 0 Å². The number of amides is 1. The molecule has 0 aromatic carbocycles. The highest BCUT2D eigenvalue weighted by Crippen LogP contribution is 2.09. The van der Waals surface area contributed by atoms with Crippen LogP contribution in [0, 0.1) is 0 Å². The fraction of sp³-hybridized carbons (Fsp3) is 0.800. The summed E-state index contributed by atoms with van der Waals surface area (Å²) in [7, 11) is 1.56. The maximum absolute atomic E-state index is 11.5. The van der Waals surface area contributed by atoms with Gasteiger partial charge in [0.05, 0.1) is 6.42 Å². The van der Waals surface area contributed by atoms with Gasteiger partial charge in [-0.2, -0.15) is 0 Å². The zero-order valence-electron chi connectivity index (χ0n) is 10.1. The zero-order chi connectivity index (χ0) is 12.8. The highest BCUT2D eigenvalue weighted by molar-refractivity contribution is 6.17. The van der Waals surface area contributed by atoms with Crippen LogP contribution in [0.1, 0.15) is 27.2 Å². The van der Waals surface area contributed by atoms with Gasteiger partial charge in [0, 0.05) is 13.6 Å². The third-order valence-electron chi connectivity index (χ3n) is 1.57. The molecule has 0 N–H and O–H groups in total. The standard InChI is InChI=1S/C10H18ClNO4/c1-10(2,3)16-9(14)12(4)6-5-8(13)15-7-11/h5-7H2,1-4H3. The van der Waals surface area contributed by atoms with Crippen LogP contribution in [0.2, 0.25) is 0 Å². The molecule has 94 valence electrons. The number of nitrogens with zero attached hydrogens (tertiary/aromatic N) is 1. The van der Waals surface area contributed by atoms with Gasteiger partial charge >= 0.3 is 12.1 Å². The number of alkyl halides is 1. The van der Waals surface area contributed by atoms with Crippen LogP contribution in [-0.2, 0) is 14.3 Å². The van der Waals surface area contributed by atoms with Crippen LogP contribution >= 0.6 is 11.6 Å². The molecule has 0 rings (SSSR count). The summed E-state index contributed by atoms with van der Waals surface area (Å²) in [5.41, 5.74) is -0.540. The molecule has 16 heavy (non-hydrogen) atoms. The molecule has 0 aliphatic carbocycles. The molecule has 0 unspecified atom stereocenters. The highest BCUT2D eigenvalue weighted by Gasteiger charge is 2.19. The second-order valence-corrected chi connectivity index (χ2v) is 4.50. The molecule has 0 aromatic heterocycles. The second kappa shape index (κ2) is 6.58.